The summed E-state index contributed by atoms with van der Waals surface area (Å²) in [5.41, 5.74) is 1.87. The van der Waals surface area contributed by atoms with Gasteiger partial charge in [0.05, 0.1) is 17.9 Å². The summed E-state index contributed by atoms with van der Waals surface area (Å²) in [6.07, 6.45) is 2.11. The lowest BCUT2D eigenvalue weighted by molar-refractivity contribution is -0.0704. The first-order valence-electron chi connectivity index (χ1n) is 6.22. The number of carbonyl (C=O) groups excluding carboxylic acids is 1. The minimum absolute atomic E-state index is 0.285. The maximum atomic E-state index is 10.1. The molecule has 18 heavy (non-hydrogen) atoms. The van der Waals surface area contributed by atoms with Crippen LogP contribution in [-0.2, 0) is 16.1 Å². The summed E-state index contributed by atoms with van der Waals surface area (Å²) in [5, 5.41) is 0. The van der Waals surface area contributed by atoms with Gasteiger partial charge in [0.2, 0.25) is 6.08 Å². The van der Waals surface area contributed by atoms with Crippen molar-refractivity contribution in [2.45, 2.75) is 32.6 Å². The number of hydrogen-bond acceptors (Lipinski definition) is 4. The molecular formula is C14H18N2O2. The maximum Gasteiger partial charge on any atom is 0.240 e. The van der Waals surface area contributed by atoms with E-state index in [9.17, 15) is 4.79 Å². The van der Waals surface area contributed by atoms with Crippen LogP contribution in [0.15, 0.2) is 29.3 Å². The van der Waals surface area contributed by atoms with Crippen LogP contribution in [0.25, 0.3) is 0 Å². The Morgan fingerprint density at radius 3 is 2.44 bits per heavy atom. The van der Waals surface area contributed by atoms with Crippen LogP contribution in [0.1, 0.15) is 19.4 Å². The fourth-order valence-corrected chi connectivity index (χ4v) is 2.40. The minimum Gasteiger partial charge on any atom is -0.373 e. The molecule has 2 rings (SSSR count). The molecule has 1 aromatic rings. The molecule has 0 amide bonds. The van der Waals surface area contributed by atoms with E-state index in [0.29, 0.717) is 5.69 Å². The van der Waals surface area contributed by atoms with Crippen LogP contribution in [-0.4, -0.2) is 36.3 Å². The number of ether oxygens (including phenoxy) is 1. The summed E-state index contributed by atoms with van der Waals surface area (Å²) in [6, 6.07) is 7.68. The number of isocyanates is 1. The molecule has 0 N–H and O–H groups in total. The average Bonchev–Trinajstić information content (AvgIpc) is 2.31. The quantitative estimate of drug-likeness (QED) is 0.607. The molecule has 1 saturated heterocycles. The summed E-state index contributed by atoms with van der Waals surface area (Å²) >= 11 is 0. The number of nitrogens with zero attached hydrogens (tertiary/aromatic N) is 2. The highest BCUT2D eigenvalue weighted by Crippen LogP contribution is 2.17. The van der Waals surface area contributed by atoms with Gasteiger partial charge < -0.3 is 4.74 Å². The molecule has 4 heteroatoms. The molecule has 1 aromatic carbocycles. The van der Waals surface area contributed by atoms with Crippen molar-refractivity contribution < 1.29 is 9.53 Å². The first-order valence-corrected chi connectivity index (χ1v) is 6.22. The van der Waals surface area contributed by atoms with Gasteiger partial charge in [0, 0.05) is 19.6 Å². The Morgan fingerprint density at radius 1 is 1.28 bits per heavy atom. The third kappa shape index (κ3) is 3.50. The number of hydrogen-bond donors (Lipinski definition) is 0. The highest BCUT2D eigenvalue weighted by atomic mass is 16.5. The van der Waals surface area contributed by atoms with E-state index in [1.165, 1.54) is 5.56 Å². The molecule has 0 bridgehead atoms. The van der Waals surface area contributed by atoms with Gasteiger partial charge >= 0.3 is 0 Å². The molecule has 96 valence electrons. The van der Waals surface area contributed by atoms with E-state index < -0.39 is 0 Å². The Labute approximate surface area is 107 Å². The third-order valence-electron chi connectivity index (χ3n) is 3.01. The van der Waals surface area contributed by atoms with E-state index in [4.69, 9.17) is 4.74 Å². The van der Waals surface area contributed by atoms with E-state index in [2.05, 4.69) is 23.7 Å². The lowest BCUT2D eigenvalue weighted by Gasteiger charge is -2.35. The maximum absolute atomic E-state index is 10.1. The topological polar surface area (TPSA) is 41.9 Å². The van der Waals surface area contributed by atoms with Gasteiger partial charge in [0.25, 0.3) is 0 Å². The molecule has 0 aliphatic carbocycles. The van der Waals surface area contributed by atoms with Gasteiger partial charge in [-0.3, -0.25) is 4.90 Å². The molecule has 0 aromatic heterocycles. The second-order valence-electron chi connectivity index (χ2n) is 4.82. The second-order valence-corrected chi connectivity index (χ2v) is 4.82. The molecule has 2 atom stereocenters. The van der Waals surface area contributed by atoms with Crippen LogP contribution < -0.4 is 0 Å². The van der Waals surface area contributed by atoms with Crippen molar-refractivity contribution in [1.82, 2.24) is 4.90 Å². The fourth-order valence-electron chi connectivity index (χ4n) is 2.40. The fraction of sp³-hybridized carbons (Fsp3) is 0.500. The van der Waals surface area contributed by atoms with Crippen LogP contribution >= 0.6 is 0 Å². The van der Waals surface area contributed by atoms with Crippen molar-refractivity contribution in [2.75, 3.05) is 13.1 Å². The largest absolute Gasteiger partial charge is 0.373 e. The summed E-state index contributed by atoms with van der Waals surface area (Å²) in [5.74, 6) is 0. The molecule has 2 unspecified atom stereocenters. The highest BCUT2D eigenvalue weighted by Gasteiger charge is 2.21. The molecule has 1 heterocycles. The van der Waals surface area contributed by atoms with Crippen molar-refractivity contribution in [1.29, 1.82) is 0 Å². The smallest absolute Gasteiger partial charge is 0.240 e. The van der Waals surface area contributed by atoms with E-state index in [1.54, 1.807) is 6.08 Å². The van der Waals surface area contributed by atoms with Crippen molar-refractivity contribution in [3.8, 4) is 0 Å². The number of morpholine rings is 1. The first kappa shape index (κ1) is 13.0. The zero-order chi connectivity index (χ0) is 13.0. The third-order valence-corrected chi connectivity index (χ3v) is 3.01. The highest BCUT2D eigenvalue weighted by molar-refractivity contribution is 5.49. The first-order chi connectivity index (χ1) is 8.67. The molecule has 1 fully saturated rings. The minimum atomic E-state index is 0.285. The van der Waals surface area contributed by atoms with Crippen LogP contribution in [0, 0.1) is 0 Å². The van der Waals surface area contributed by atoms with Crippen LogP contribution in [0.3, 0.4) is 0 Å². The Kier molecular flexibility index (Phi) is 4.26. The SMILES string of the molecule is CC1CN(Cc2ccc(N=C=O)cc2)CC(C)O1. The van der Waals surface area contributed by atoms with Crippen LogP contribution in [0.2, 0.25) is 0 Å². The summed E-state index contributed by atoms with van der Waals surface area (Å²) in [7, 11) is 0. The Bertz CT molecular complexity index is 428. The van der Waals surface area contributed by atoms with Crippen LogP contribution in [0.5, 0.6) is 0 Å². The van der Waals surface area contributed by atoms with Crippen molar-refractivity contribution >= 4 is 11.8 Å². The predicted molar refractivity (Wildman–Crippen MR) is 69.5 cm³/mol. The average molecular weight is 246 g/mol. The molecular weight excluding hydrogens is 228 g/mol. The van der Waals surface area contributed by atoms with E-state index >= 15 is 0 Å². The summed E-state index contributed by atoms with van der Waals surface area (Å²) in [6.45, 7) is 7.02. The van der Waals surface area contributed by atoms with E-state index in [1.807, 2.05) is 24.3 Å². The van der Waals surface area contributed by atoms with Crippen molar-refractivity contribution in [2.24, 2.45) is 4.99 Å². The van der Waals surface area contributed by atoms with E-state index in [0.717, 1.165) is 19.6 Å². The summed E-state index contributed by atoms with van der Waals surface area (Å²) in [4.78, 5) is 16.1. The Balaban J connectivity index is 1.98. The van der Waals surface area contributed by atoms with Crippen molar-refractivity contribution in [3.63, 3.8) is 0 Å². The van der Waals surface area contributed by atoms with Gasteiger partial charge in [-0.25, -0.2) is 4.79 Å². The zero-order valence-corrected chi connectivity index (χ0v) is 10.8. The monoisotopic (exact) mass is 246 g/mol. The lowest BCUT2D eigenvalue weighted by atomic mass is 10.1. The summed E-state index contributed by atoms with van der Waals surface area (Å²) < 4.78 is 5.71. The van der Waals surface area contributed by atoms with Gasteiger partial charge in [-0.15, -0.1) is 0 Å². The molecule has 0 spiro atoms. The van der Waals surface area contributed by atoms with Gasteiger partial charge in [-0.1, -0.05) is 12.1 Å². The predicted octanol–water partition coefficient (Wildman–Crippen LogP) is 2.26. The normalized spacial score (nSPS) is 24.6. The van der Waals surface area contributed by atoms with Gasteiger partial charge in [-0.2, -0.15) is 4.99 Å². The van der Waals surface area contributed by atoms with Gasteiger partial charge in [-0.05, 0) is 31.5 Å². The lowest BCUT2D eigenvalue weighted by Crippen LogP contribution is -2.44. The van der Waals surface area contributed by atoms with Gasteiger partial charge in [0.1, 0.15) is 0 Å². The molecule has 1 aliphatic heterocycles. The van der Waals surface area contributed by atoms with Crippen LogP contribution in [0.4, 0.5) is 5.69 Å². The number of rotatable bonds is 3. The molecule has 0 saturated carbocycles. The standard InChI is InChI=1S/C14H18N2O2/c1-11-7-16(8-12(2)18-11)9-13-3-5-14(6-4-13)15-10-17/h3-6,11-12H,7-9H2,1-2H3. The second kappa shape index (κ2) is 5.91. The van der Waals surface area contributed by atoms with E-state index in [-0.39, 0.29) is 12.2 Å². The molecule has 1 aliphatic rings. The Morgan fingerprint density at radius 2 is 1.89 bits per heavy atom. The molecule has 4 nitrogen and oxygen atoms in total. The number of benzene rings is 1. The zero-order valence-electron chi connectivity index (χ0n) is 10.8. The van der Waals surface area contributed by atoms with Gasteiger partial charge in [0.15, 0.2) is 0 Å². The number of aliphatic imine (C=N–C) groups is 1. The van der Waals surface area contributed by atoms with Crippen molar-refractivity contribution in [3.05, 3.63) is 29.8 Å². The Hall–Kier alpha value is -1.48. The molecule has 0 radical (unpaired) electrons.